The van der Waals surface area contributed by atoms with Crippen molar-refractivity contribution < 1.29 is 4.74 Å². The van der Waals surface area contributed by atoms with Gasteiger partial charge >= 0.3 is 0 Å². The normalized spacial score (nSPS) is 15.2. The lowest BCUT2D eigenvalue weighted by molar-refractivity contribution is 0.288. The van der Waals surface area contributed by atoms with E-state index in [1.165, 1.54) is 27.8 Å². The minimum atomic E-state index is 0.233. The fraction of sp³-hybridized carbons (Fsp3) is 0.368. The Labute approximate surface area is 127 Å². The minimum Gasteiger partial charge on any atom is -0.493 e. The smallest absolute Gasteiger partial charge is 0.122 e. The topological polar surface area (TPSA) is 21.3 Å². The predicted octanol–water partition coefficient (Wildman–Crippen LogP) is 3.94. The van der Waals surface area contributed by atoms with Crippen molar-refractivity contribution in [2.45, 2.75) is 32.7 Å². The second-order valence-corrected chi connectivity index (χ2v) is 5.83. The largest absolute Gasteiger partial charge is 0.493 e. The van der Waals surface area contributed by atoms with Gasteiger partial charge in [-0.15, -0.1) is 0 Å². The molecule has 2 aromatic carbocycles. The van der Waals surface area contributed by atoms with Gasteiger partial charge in [-0.05, 0) is 67.6 Å². The zero-order valence-corrected chi connectivity index (χ0v) is 13.1. The van der Waals surface area contributed by atoms with E-state index in [1.54, 1.807) is 0 Å². The highest BCUT2D eigenvalue weighted by molar-refractivity contribution is 5.45. The quantitative estimate of drug-likeness (QED) is 0.920. The lowest BCUT2D eigenvalue weighted by atomic mass is 9.91. The monoisotopic (exact) mass is 281 g/mol. The summed E-state index contributed by atoms with van der Waals surface area (Å²) in [4.78, 5) is 0. The molecule has 1 aliphatic rings. The highest BCUT2D eigenvalue weighted by Crippen LogP contribution is 2.31. The van der Waals surface area contributed by atoms with Gasteiger partial charge in [-0.2, -0.15) is 0 Å². The van der Waals surface area contributed by atoms with Crippen molar-refractivity contribution >= 4 is 0 Å². The number of hydrogen-bond acceptors (Lipinski definition) is 2. The number of hydrogen-bond donors (Lipinski definition) is 1. The summed E-state index contributed by atoms with van der Waals surface area (Å²) in [7, 11) is 2.03. The van der Waals surface area contributed by atoms with Gasteiger partial charge in [0.2, 0.25) is 0 Å². The number of benzene rings is 2. The van der Waals surface area contributed by atoms with E-state index in [1.807, 2.05) is 7.05 Å². The number of ether oxygens (including phenoxy) is 1. The van der Waals surface area contributed by atoms with Crippen LogP contribution in [0.15, 0.2) is 36.4 Å². The molecule has 1 aliphatic heterocycles. The van der Waals surface area contributed by atoms with Crippen molar-refractivity contribution in [1.29, 1.82) is 0 Å². The number of nitrogens with one attached hydrogen (secondary N) is 1. The third kappa shape index (κ3) is 2.68. The van der Waals surface area contributed by atoms with Crippen molar-refractivity contribution in [3.05, 3.63) is 64.2 Å². The van der Waals surface area contributed by atoms with Crippen LogP contribution in [-0.4, -0.2) is 13.7 Å². The molecule has 21 heavy (non-hydrogen) atoms. The molecular formula is C19H23NO. The molecule has 0 spiro atoms. The second kappa shape index (κ2) is 5.90. The van der Waals surface area contributed by atoms with Crippen LogP contribution in [0.5, 0.6) is 5.75 Å². The third-order valence-corrected chi connectivity index (χ3v) is 4.51. The van der Waals surface area contributed by atoms with E-state index >= 15 is 0 Å². The molecule has 0 amide bonds. The van der Waals surface area contributed by atoms with Crippen LogP contribution < -0.4 is 10.1 Å². The summed E-state index contributed by atoms with van der Waals surface area (Å²) in [5, 5.41) is 3.47. The maximum Gasteiger partial charge on any atom is 0.122 e. The number of aryl methyl sites for hydroxylation is 2. The van der Waals surface area contributed by atoms with E-state index in [4.69, 9.17) is 4.74 Å². The van der Waals surface area contributed by atoms with Gasteiger partial charge in [-0.25, -0.2) is 0 Å². The molecular weight excluding hydrogens is 258 g/mol. The Kier molecular flexibility index (Phi) is 3.98. The Morgan fingerprint density at radius 1 is 1.14 bits per heavy atom. The van der Waals surface area contributed by atoms with Crippen LogP contribution in [0.3, 0.4) is 0 Å². The summed E-state index contributed by atoms with van der Waals surface area (Å²) in [6, 6.07) is 13.4. The maximum absolute atomic E-state index is 5.72. The molecule has 2 aromatic rings. The van der Waals surface area contributed by atoms with Crippen LogP contribution in [0.25, 0.3) is 0 Å². The molecule has 1 N–H and O–H groups in total. The van der Waals surface area contributed by atoms with E-state index in [0.717, 1.165) is 25.2 Å². The first-order valence-electron chi connectivity index (χ1n) is 7.69. The zero-order chi connectivity index (χ0) is 14.8. The molecule has 0 radical (unpaired) electrons. The molecule has 0 saturated heterocycles. The Balaban J connectivity index is 2.02. The molecule has 1 unspecified atom stereocenters. The minimum absolute atomic E-state index is 0.233. The van der Waals surface area contributed by atoms with Gasteiger partial charge in [-0.3, -0.25) is 0 Å². The maximum atomic E-state index is 5.72. The van der Waals surface area contributed by atoms with Crippen LogP contribution >= 0.6 is 0 Å². The van der Waals surface area contributed by atoms with Gasteiger partial charge in [0.05, 0.1) is 12.6 Å². The van der Waals surface area contributed by atoms with E-state index < -0.39 is 0 Å². The van der Waals surface area contributed by atoms with Crippen LogP contribution in [0.4, 0.5) is 0 Å². The lowest BCUT2D eigenvalue weighted by Crippen LogP contribution is -2.20. The van der Waals surface area contributed by atoms with Crippen LogP contribution in [-0.2, 0) is 6.42 Å². The first-order valence-corrected chi connectivity index (χ1v) is 7.69. The molecule has 2 heteroatoms. The van der Waals surface area contributed by atoms with E-state index in [2.05, 4.69) is 55.6 Å². The zero-order valence-electron chi connectivity index (χ0n) is 13.1. The van der Waals surface area contributed by atoms with Crippen molar-refractivity contribution in [2.75, 3.05) is 13.7 Å². The van der Waals surface area contributed by atoms with Crippen LogP contribution in [0.2, 0.25) is 0 Å². The molecule has 0 aromatic heterocycles. The highest BCUT2D eigenvalue weighted by Gasteiger charge is 2.18. The van der Waals surface area contributed by atoms with Crippen molar-refractivity contribution in [3.8, 4) is 5.75 Å². The van der Waals surface area contributed by atoms with Gasteiger partial charge in [0.15, 0.2) is 0 Å². The van der Waals surface area contributed by atoms with Crippen LogP contribution in [0.1, 0.15) is 40.3 Å². The molecule has 110 valence electrons. The molecule has 0 aliphatic carbocycles. The average molecular weight is 281 g/mol. The first kappa shape index (κ1) is 14.2. The van der Waals surface area contributed by atoms with Crippen molar-refractivity contribution in [1.82, 2.24) is 5.32 Å². The van der Waals surface area contributed by atoms with Gasteiger partial charge < -0.3 is 10.1 Å². The number of rotatable bonds is 3. The summed E-state index contributed by atoms with van der Waals surface area (Å²) in [5.74, 6) is 1.06. The summed E-state index contributed by atoms with van der Waals surface area (Å²) in [6.07, 6.45) is 2.23. The SMILES string of the molecule is CNC(c1ccc2c(c1)CCCO2)c1cccc(C)c1C. The Hall–Kier alpha value is -1.80. The van der Waals surface area contributed by atoms with Gasteiger partial charge in [0, 0.05) is 0 Å². The molecule has 0 fully saturated rings. The fourth-order valence-corrected chi connectivity index (χ4v) is 3.15. The second-order valence-electron chi connectivity index (χ2n) is 5.83. The summed E-state index contributed by atoms with van der Waals surface area (Å²) in [5.41, 5.74) is 6.72. The standard InChI is InChI=1S/C19H23NO/c1-13-6-4-8-17(14(13)2)19(20-3)16-9-10-18-15(12-16)7-5-11-21-18/h4,6,8-10,12,19-20H,5,7,11H2,1-3H3. The Bertz CT molecular complexity index is 648. The van der Waals surface area contributed by atoms with Gasteiger partial charge in [0.25, 0.3) is 0 Å². The molecule has 1 heterocycles. The first-order chi connectivity index (χ1) is 10.2. The third-order valence-electron chi connectivity index (χ3n) is 4.51. The Morgan fingerprint density at radius 3 is 2.81 bits per heavy atom. The van der Waals surface area contributed by atoms with E-state index in [0.29, 0.717) is 0 Å². The Morgan fingerprint density at radius 2 is 2.00 bits per heavy atom. The molecule has 0 saturated carbocycles. The molecule has 0 bridgehead atoms. The number of fused-ring (bicyclic) bond motifs is 1. The fourth-order valence-electron chi connectivity index (χ4n) is 3.15. The van der Waals surface area contributed by atoms with Crippen molar-refractivity contribution in [2.24, 2.45) is 0 Å². The van der Waals surface area contributed by atoms with Crippen LogP contribution in [0, 0.1) is 13.8 Å². The summed E-state index contributed by atoms with van der Waals surface area (Å²) < 4.78 is 5.72. The lowest BCUT2D eigenvalue weighted by Gasteiger charge is -2.23. The van der Waals surface area contributed by atoms with Crippen molar-refractivity contribution in [3.63, 3.8) is 0 Å². The van der Waals surface area contributed by atoms with Gasteiger partial charge in [0.1, 0.15) is 5.75 Å². The van der Waals surface area contributed by atoms with Gasteiger partial charge in [-0.1, -0.05) is 30.3 Å². The summed E-state index contributed by atoms with van der Waals surface area (Å²) in [6.45, 7) is 5.22. The molecule has 3 rings (SSSR count). The van der Waals surface area contributed by atoms with E-state index in [-0.39, 0.29) is 6.04 Å². The average Bonchev–Trinajstić information content (AvgIpc) is 2.52. The van der Waals surface area contributed by atoms with E-state index in [9.17, 15) is 0 Å². The predicted molar refractivity (Wildman–Crippen MR) is 87.1 cm³/mol. The summed E-state index contributed by atoms with van der Waals surface area (Å²) >= 11 is 0. The highest BCUT2D eigenvalue weighted by atomic mass is 16.5. The molecule has 1 atom stereocenters. The molecule has 2 nitrogen and oxygen atoms in total.